The zero-order valence-corrected chi connectivity index (χ0v) is 15.2. The second-order valence-electron chi connectivity index (χ2n) is 5.59. The molecule has 0 saturated carbocycles. The van der Waals surface area contributed by atoms with Gasteiger partial charge in [-0.2, -0.15) is 0 Å². The van der Waals surface area contributed by atoms with Gasteiger partial charge in [0.25, 0.3) is 0 Å². The van der Waals surface area contributed by atoms with Gasteiger partial charge in [0.1, 0.15) is 11.9 Å². The maximum atomic E-state index is 12.3. The fraction of sp³-hybridized carbons (Fsp3) is 0.263. The highest BCUT2D eigenvalue weighted by Gasteiger charge is 2.30. The maximum Gasteiger partial charge on any atom is 0.331 e. The number of halogens is 1. The molecule has 2 N–H and O–H groups in total. The van der Waals surface area contributed by atoms with E-state index in [-0.39, 0.29) is 6.42 Å². The van der Waals surface area contributed by atoms with Crippen molar-refractivity contribution in [3.63, 3.8) is 0 Å². The van der Waals surface area contributed by atoms with E-state index in [1.807, 2.05) is 0 Å². The number of aliphatic hydroxyl groups is 1. The number of hydrogen-bond acceptors (Lipinski definition) is 5. The molecule has 0 aliphatic carbocycles. The van der Waals surface area contributed by atoms with Crippen LogP contribution in [0.4, 0.5) is 0 Å². The molecule has 0 spiro atoms. The molecule has 0 heterocycles. The average molecular weight is 378 g/mol. The van der Waals surface area contributed by atoms with E-state index in [0.717, 1.165) is 5.56 Å². The van der Waals surface area contributed by atoms with E-state index in [4.69, 9.17) is 21.1 Å². The molecule has 0 radical (unpaired) electrons. The number of ether oxygens (including phenoxy) is 2. The molecule has 2 aromatic carbocycles. The molecule has 0 saturated heterocycles. The summed E-state index contributed by atoms with van der Waals surface area (Å²) in [4.78, 5) is 24.3. The summed E-state index contributed by atoms with van der Waals surface area (Å²) < 4.78 is 9.78. The van der Waals surface area contributed by atoms with Crippen molar-refractivity contribution in [3.8, 4) is 5.75 Å². The minimum absolute atomic E-state index is 0.0417. The van der Waals surface area contributed by atoms with Gasteiger partial charge in [-0.15, -0.1) is 0 Å². The van der Waals surface area contributed by atoms with Crippen molar-refractivity contribution in [1.82, 2.24) is 5.32 Å². The smallest absolute Gasteiger partial charge is 0.331 e. The fourth-order valence-corrected chi connectivity index (χ4v) is 2.53. The lowest BCUT2D eigenvalue weighted by molar-refractivity contribution is -0.148. The molecule has 0 fully saturated rings. The molecule has 0 aliphatic rings. The molecular formula is C19H20ClNO5. The molecule has 6 nitrogen and oxygen atoms in total. The van der Waals surface area contributed by atoms with Crippen LogP contribution in [-0.2, 0) is 20.7 Å². The summed E-state index contributed by atoms with van der Waals surface area (Å²) in [6, 6.07) is 12.1. The van der Waals surface area contributed by atoms with E-state index in [1.54, 1.807) is 48.5 Å². The second-order valence-corrected chi connectivity index (χ2v) is 6.03. The zero-order valence-electron chi connectivity index (χ0n) is 14.4. The molecule has 2 aromatic rings. The van der Waals surface area contributed by atoms with Gasteiger partial charge < -0.3 is 19.9 Å². The van der Waals surface area contributed by atoms with Crippen LogP contribution in [0.1, 0.15) is 17.2 Å². The first kappa shape index (κ1) is 19.8. The summed E-state index contributed by atoms with van der Waals surface area (Å²) >= 11 is 5.82. The number of methoxy groups -OCH3 is 2. The van der Waals surface area contributed by atoms with E-state index in [1.165, 1.54) is 14.2 Å². The highest BCUT2D eigenvalue weighted by molar-refractivity contribution is 6.30. The van der Waals surface area contributed by atoms with Crippen LogP contribution in [0, 0.1) is 0 Å². The number of aliphatic hydroxyl groups excluding tert-OH is 1. The number of rotatable bonds is 7. The van der Waals surface area contributed by atoms with E-state index < -0.39 is 24.0 Å². The summed E-state index contributed by atoms with van der Waals surface area (Å²) in [7, 11) is 2.72. The van der Waals surface area contributed by atoms with Crippen LogP contribution in [0.5, 0.6) is 5.75 Å². The van der Waals surface area contributed by atoms with Crippen LogP contribution in [0.2, 0.25) is 5.02 Å². The van der Waals surface area contributed by atoms with Crippen molar-refractivity contribution in [2.75, 3.05) is 14.2 Å². The van der Waals surface area contributed by atoms with Crippen molar-refractivity contribution in [2.45, 2.75) is 18.6 Å². The molecule has 2 atom stereocenters. The number of carbonyl (C=O) groups is 2. The minimum atomic E-state index is -1.26. The van der Waals surface area contributed by atoms with Gasteiger partial charge in [0.15, 0.2) is 6.04 Å². The number of amides is 1. The van der Waals surface area contributed by atoms with E-state index in [2.05, 4.69) is 5.32 Å². The van der Waals surface area contributed by atoms with Crippen LogP contribution in [-0.4, -0.2) is 37.2 Å². The Morgan fingerprint density at radius 2 is 1.69 bits per heavy atom. The highest BCUT2D eigenvalue weighted by atomic mass is 35.5. The maximum absolute atomic E-state index is 12.3. The molecule has 26 heavy (non-hydrogen) atoms. The molecule has 0 aromatic heterocycles. The molecule has 0 bridgehead atoms. The molecule has 1 amide bonds. The Morgan fingerprint density at radius 1 is 1.08 bits per heavy atom. The predicted molar refractivity (Wildman–Crippen MR) is 97.1 cm³/mol. The lowest BCUT2D eigenvalue weighted by atomic mass is 10.0. The fourth-order valence-electron chi connectivity index (χ4n) is 2.40. The van der Waals surface area contributed by atoms with Crippen LogP contribution < -0.4 is 10.1 Å². The second kappa shape index (κ2) is 9.22. The van der Waals surface area contributed by atoms with Gasteiger partial charge in [0.05, 0.1) is 20.6 Å². The SMILES string of the molecule is COC(=O)C(NC(=O)Cc1ccc(Cl)cc1)C(O)c1ccc(OC)cc1. The Morgan fingerprint density at radius 3 is 2.23 bits per heavy atom. The molecule has 2 unspecified atom stereocenters. The van der Waals surface area contributed by atoms with Crippen molar-refractivity contribution >= 4 is 23.5 Å². The topological polar surface area (TPSA) is 84.9 Å². The van der Waals surface area contributed by atoms with Crippen molar-refractivity contribution < 1.29 is 24.2 Å². The number of nitrogens with one attached hydrogen (secondary N) is 1. The summed E-state index contributed by atoms with van der Waals surface area (Å²) in [5.74, 6) is -0.546. The first-order chi connectivity index (χ1) is 12.4. The van der Waals surface area contributed by atoms with Crippen LogP contribution in [0.15, 0.2) is 48.5 Å². The van der Waals surface area contributed by atoms with Gasteiger partial charge in [0.2, 0.25) is 5.91 Å². The predicted octanol–water partition coefficient (Wildman–Crippen LogP) is 2.28. The standard InChI is InChI=1S/C19H20ClNO5/c1-25-15-9-5-13(6-10-15)18(23)17(19(24)26-2)21-16(22)11-12-3-7-14(20)8-4-12/h3-10,17-18,23H,11H2,1-2H3,(H,21,22). The third-order valence-corrected chi connectivity index (χ3v) is 4.07. The van der Waals surface area contributed by atoms with E-state index in [9.17, 15) is 14.7 Å². The summed E-state index contributed by atoms with van der Waals surface area (Å²) in [6.07, 6.45) is -1.22. The molecule has 2 rings (SSSR count). The normalized spacial score (nSPS) is 12.8. The van der Waals surface area contributed by atoms with Crippen LogP contribution in [0.25, 0.3) is 0 Å². The number of hydrogen-bond donors (Lipinski definition) is 2. The Kier molecular flexibility index (Phi) is 7.00. The average Bonchev–Trinajstić information content (AvgIpc) is 2.67. The van der Waals surface area contributed by atoms with Gasteiger partial charge in [-0.25, -0.2) is 4.79 Å². The lowest BCUT2D eigenvalue weighted by Gasteiger charge is -2.22. The lowest BCUT2D eigenvalue weighted by Crippen LogP contribution is -2.46. The van der Waals surface area contributed by atoms with Gasteiger partial charge in [-0.05, 0) is 35.4 Å². The highest BCUT2D eigenvalue weighted by Crippen LogP contribution is 2.21. The van der Waals surface area contributed by atoms with Gasteiger partial charge in [-0.1, -0.05) is 35.9 Å². The van der Waals surface area contributed by atoms with E-state index >= 15 is 0 Å². The molecule has 0 aliphatic heterocycles. The van der Waals surface area contributed by atoms with Gasteiger partial charge >= 0.3 is 5.97 Å². The third kappa shape index (κ3) is 5.21. The first-order valence-electron chi connectivity index (χ1n) is 7.88. The minimum Gasteiger partial charge on any atom is -0.497 e. The van der Waals surface area contributed by atoms with Crippen molar-refractivity contribution in [2.24, 2.45) is 0 Å². The first-order valence-corrected chi connectivity index (χ1v) is 8.26. The Labute approximate surface area is 156 Å². The number of carbonyl (C=O) groups excluding carboxylic acids is 2. The van der Waals surface area contributed by atoms with Gasteiger partial charge in [-0.3, -0.25) is 4.79 Å². The van der Waals surface area contributed by atoms with Crippen molar-refractivity contribution in [3.05, 3.63) is 64.7 Å². The quantitative estimate of drug-likeness (QED) is 0.723. The summed E-state index contributed by atoms with van der Waals surface area (Å²) in [5, 5.41) is 13.6. The largest absolute Gasteiger partial charge is 0.497 e. The number of benzene rings is 2. The number of esters is 1. The summed E-state index contributed by atoms with van der Waals surface area (Å²) in [6.45, 7) is 0. The van der Waals surface area contributed by atoms with Crippen molar-refractivity contribution in [1.29, 1.82) is 0 Å². The zero-order chi connectivity index (χ0) is 19.1. The van der Waals surface area contributed by atoms with Crippen LogP contribution in [0.3, 0.4) is 0 Å². The van der Waals surface area contributed by atoms with E-state index in [0.29, 0.717) is 16.3 Å². The Balaban J connectivity index is 2.11. The monoisotopic (exact) mass is 377 g/mol. The van der Waals surface area contributed by atoms with Gasteiger partial charge in [0, 0.05) is 5.02 Å². The molecule has 138 valence electrons. The Hall–Kier alpha value is -2.57. The Bertz CT molecular complexity index is 746. The molecule has 7 heteroatoms. The van der Waals surface area contributed by atoms with Crippen LogP contribution >= 0.6 is 11.6 Å². The summed E-state index contributed by atoms with van der Waals surface area (Å²) in [5.41, 5.74) is 1.18. The molecular weight excluding hydrogens is 358 g/mol. The third-order valence-electron chi connectivity index (χ3n) is 3.82.